The van der Waals surface area contributed by atoms with Crippen LogP contribution in [0.25, 0.3) is 0 Å². The minimum atomic E-state index is -0.369. The fraction of sp³-hybridized carbons (Fsp3) is 0.467. The number of rotatable bonds is 6. The van der Waals surface area contributed by atoms with E-state index in [2.05, 4.69) is 0 Å². The van der Waals surface area contributed by atoms with E-state index in [1.807, 2.05) is 32.0 Å². The molecule has 104 valence electrons. The average Bonchev–Trinajstić information content (AvgIpc) is 2.44. The maximum Gasteiger partial charge on any atom is 0.325 e. The first-order valence-electron chi connectivity index (χ1n) is 6.66. The van der Waals surface area contributed by atoms with Crippen molar-refractivity contribution in [3.63, 3.8) is 0 Å². The van der Waals surface area contributed by atoms with E-state index in [1.54, 1.807) is 13.0 Å². The van der Waals surface area contributed by atoms with Crippen LogP contribution < -0.4 is 0 Å². The molecule has 0 aromatic heterocycles. The summed E-state index contributed by atoms with van der Waals surface area (Å²) >= 11 is 0. The summed E-state index contributed by atoms with van der Waals surface area (Å²) in [4.78, 5) is 25.4. The summed E-state index contributed by atoms with van der Waals surface area (Å²) in [6, 6.07) is 7.49. The molecule has 1 aromatic carbocycles. The van der Waals surface area contributed by atoms with Gasteiger partial charge in [0.05, 0.1) is 6.61 Å². The molecule has 1 rings (SSSR count). The molecule has 0 spiro atoms. The number of carbonyl (C=O) groups excluding carboxylic acids is 2. The van der Waals surface area contributed by atoms with Crippen LogP contribution in [0, 0.1) is 0 Å². The van der Waals surface area contributed by atoms with Crippen molar-refractivity contribution in [1.29, 1.82) is 0 Å². The van der Waals surface area contributed by atoms with E-state index in [9.17, 15) is 9.59 Å². The first-order chi connectivity index (χ1) is 9.13. The largest absolute Gasteiger partial charge is 0.465 e. The van der Waals surface area contributed by atoms with Crippen LogP contribution in [0.1, 0.15) is 36.7 Å². The van der Waals surface area contributed by atoms with Gasteiger partial charge < -0.3 is 9.64 Å². The third kappa shape index (κ3) is 4.09. The molecule has 0 fully saturated rings. The fourth-order valence-corrected chi connectivity index (χ4v) is 1.90. The lowest BCUT2D eigenvalue weighted by atomic mass is 10.0. The zero-order chi connectivity index (χ0) is 14.3. The normalized spacial score (nSPS) is 10.1. The quantitative estimate of drug-likeness (QED) is 0.740. The Kier molecular flexibility index (Phi) is 6.06. The van der Waals surface area contributed by atoms with E-state index < -0.39 is 0 Å². The molecule has 0 unspecified atom stereocenters. The van der Waals surface area contributed by atoms with Crippen molar-refractivity contribution >= 4 is 11.9 Å². The van der Waals surface area contributed by atoms with Crippen LogP contribution in [-0.4, -0.2) is 36.5 Å². The molecule has 0 aliphatic heterocycles. The van der Waals surface area contributed by atoms with Gasteiger partial charge in [0.1, 0.15) is 6.54 Å². The second-order valence-corrected chi connectivity index (χ2v) is 4.14. The van der Waals surface area contributed by atoms with Crippen molar-refractivity contribution in [2.24, 2.45) is 0 Å². The number of amides is 1. The Labute approximate surface area is 114 Å². The van der Waals surface area contributed by atoms with Crippen molar-refractivity contribution in [1.82, 2.24) is 4.90 Å². The van der Waals surface area contributed by atoms with Gasteiger partial charge in [0.2, 0.25) is 0 Å². The van der Waals surface area contributed by atoms with Gasteiger partial charge in [-0.1, -0.05) is 25.1 Å². The number of likely N-dealkylation sites (N-methyl/N-ethyl adjacent to an activating group) is 1. The number of esters is 1. The Balaban J connectivity index is 2.86. The number of nitrogens with zero attached hydrogens (tertiary/aromatic N) is 1. The highest BCUT2D eigenvalue weighted by molar-refractivity contribution is 5.97. The number of hydrogen-bond acceptors (Lipinski definition) is 3. The number of ether oxygens (including phenoxy) is 1. The SMILES string of the molecule is CCOC(=O)CN(CC)C(=O)c1ccccc1CC. The van der Waals surface area contributed by atoms with Crippen molar-refractivity contribution in [3.8, 4) is 0 Å². The fourth-order valence-electron chi connectivity index (χ4n) is 1.90. The zero-order valence-electron chi connectivity index (χ0n) is 11.8. The molecule has 0 radical (unpaired) electrons. The van der Waals surface area contributed by atoms with Crippen LogP contribution in [0.4, 0.5) is 0 Å². The van der Waals surface area contributed by atoms with Crippen molar-refractivity contribution in [2.45, 2.75) is 27.2 Å². The Morgan fingerprint density at radius 1 is 1.16 bits per heavy atom. The van der Waals surface area contributed by atoms with Gasteiger partial charge in [-0.2, -0.15) is 0 Å². The van der Waals surface area contributed by atoms with Gasteiger partial charge >= 0.3 is 5.97 Å². The van der Waals surface area contributed by atoms with Crippen LogP contribution in [0.2, 0.25) is 0 Å². The van der Waals surface area contributed by atoms with E-state index in [-0.39, 0.29) is 18.4 Å². The summed E-state index contributed by atoms with van der Waals surface area (Å²) in [5.41, 5.74) is 1.66. The number of hydrogen-bond donors (Lipinski definition) is 0. The molecule has 1 amide bonds. The van der Waals surface area contributed by atoms with Gasteiger partial charge in [-0.3, -0.25) is 9.59 Å². The van der Waals surface area contributed by atoms with Gasteiger partial charge in [-0.15, -0.1) is 0 Å². The second kappa shape index (κ2) is 7.56. The van der Waals surface area contributed by atoms with E-state index in [0.29, 0.717) is 18.7 Å². The molecule has 0 aliphatic carbocycles. The lowest BCUT2D eigenvalue weighted by Crippen LogP contribution is -2.36. The highest BCUT2D eigenvalue weighted by Crippen LogP contribution is 2.12. The first kappa shape index (κ1) is 15.2. The molecule has 0 bridgehead atoms. The van der Waals surface area contributed by atoms with Gasteiger partial charge in [0.15, 0.2) is 0 Å². The predicted molar refractivity (Wildman–Crippen MR) is 74.0 cm³/mol. The molecule has 19 heavy (non-hydrogen) atoms. The molecule has 0 heterocycles. The van der Waals surface area contributed by atoms with Crippen molar-refractivity contribution in [2.75, 3.05) is 19.7 Å². The summed E-state index contributed by atoms with van der Waals surface area (Å²) in [7, 11) is 0. The van der Waals surface area contributed by atoms with Gasteiger partial charge in [-0.05, 0) is 31.9 Å². The van der Waals surface area contributed by atoms with E-state index in [1.165, 1.54) is 4.90 Å². The van der Waals surface area contributed by atoms with Crippen LogP contribution in [0.3, 0.4) is 0 Å². The molecule has 0 saturated heterocycles. The highest BCUT2D eigenvalue weighted by atomic mass is 16.5. The molecule has 0 atom stereocenters. The van der Waals surface area contributed by atoms with Crippen molar-refractivity contribution < 1.29 is 14.3 Å². The highest BCUT2D eigenvalue weighted by Gasteiger charge is 2.19. The van der Waals surface area contributed by atoms with E-state index in [0.717, 1.165) is 12.0 Å². The van der Waals surface area contributed by atoms with E-state index in [4.69, 9.17) is 4.74 Å². The lowest BCUT2D eigenvalue weighted by molar-refractivity contribution is -0.143. The van der Waals surface area contributed by atoms with Crippen LogP contribution in [0.15, 0.2) is 24.3 Å². The summed E-state index contributed by atoms with van der Waals surface area (Å²) in [5, 5.41) is 0. The van der Waals surface area contributed by atoms with Gasteiger partial charge in [0.25, 0.3) is 5.91 Å². The smallest absolute Gasteiger partial charge is 0.325 e. The molecule has 1 aromatic rings. The Hall–Kier alpha value is -1.84. The number of carbonyl (C=O) groups is 2. The monoisotopic (exact) mass is 263 g/mol. The van der Waals surface area contributed by atoms with Crippen LogP contribution >= 0.6 is 0 Å². The predicted octanol–water partition coefficient (Wildman–Crippen LogP) is 2.27. The topological polar surface area (TPSA) is 46.6 Å². The lowest BCUT2D eigenvalue weighted by Gasteiger charge is -2.21. The number of aryl methyl sites for hydroxylation is 1. The van der Waals surface area contributed by atoms with Gasteiger partial charge in [0, 0.05) is 12.1 Å². The Bertz CT molecular complexity index is 443. The molecule has 0 aliphatic rings. The van der Waals surface area contributed by atoms with E-state index >= 15 is 0 Å². The minimum absolute atomic E-state index is 0.00121. The van der Waals surface area contributed by atoms with Crippen molar-refractivity contribution in [3.05, 3.63) is 35.4 Å². The minimum Gasteiger partial charge on any atom is -0.465 e. The summed E-state index contributed by atoms with van der Waals surface area (Å²) in [6.45, 7) is 6.43. The molecular formula is C15H21NO3. The Morgan fingerprint density at radius 2 is 1.84 bits per heavy atom. The van der Waals surface area contributed by atoms with Crippen LogP contribution in [0.5, 0.6) is 0 Å². The number of benzene rings is 1. The van der Waals surface area contributed by atoms with Crippen LogP contribution in [-0.2, 0) is 16.0 Å². The summed E-state index contributed by atoms with van der Waals surface area (Å²) in [5.74, 6) is -0.486. The maximum absolute atomic E-state index is 12.4. The summed E-state index contributed by atoms with van der Waals surface area (Å²) in [6.07, 6.45) is 0.791. The third-order valence-electron chi connectivity index (χ3n) is 2.92. The maximum atomic E-state index is 12.4. The second-order valence-electron chi connectivity index (χ2n) is 4.14. The standard InChI is InChI=1S/C15H21NO3/c1-4-12-9-7-8-10-13(12)15(18)16(5-2)11-14(17)19-6-3/h7-10H,4-6,11H2,1-3H3. The molecule has 0 N–H and O–H groups in total. The first-order valence-corrected chi connectivity index (χ1v) is 6.66. The van der Waals surface area contributed by atoms with Gasteiger partial charge in [-0.25, -0.2) is 0 Å². The molecule has 4 heteroatoms. The Morgan fingerprint density at radius 3 is 2.42 bits per heavy atom. The zero-order valence-corrected chi connectivity index (χ0v) is 11.8. The molecular weight excluding hydrogens is 242 g/mol. The molecule has 4 nitrogen and oxygen atoms in total. The summed E-state index contributed by atoms with van der Waals surface area (Å²) < 4.78 is 4.88. The third-order valence-corrected chi connectivity index (χ3v) is 2.92. The average molecular weight is 263 g/mol. The molecule has 0 saturated carbocycles.